The Hall–Kier alpha value is -1.78. The van der Waals surface area contributed by atoms with Crippen molar-refractivity contribution in [3.63, 3.8) is 0 Å². The predicted octanol–water partition coefficient (Wildman–Crippen LogP) is 3.00. The maximum absolute atomic E-state index is 13.0. The predicted molar refractivity (Wildman–Crippen MR) is 104 cm³/mol. The van der Waals surface area contributed by atoms with Gasteiger partial charge in [0.1, 0.15) is 22.1 Å². The number of aliphatic hydroxyl groups is 1. The molecule has 0 aliphatic carbocycles. The first-order valence-electron chi connectivity index (χ1n) is 8.37. The standard InChI is InChI=1S/C17H17ClN4O3S2/c18-13-2-1-11(17-19-8-14(21-17)15-9-26-10-20-15)7-16(13)27(24,25)22-5-3-12(23)4-6-22/h1-2,7-10,12,23H,3-6H2,(H,19,21). The summed E-state index contributed by atoms with van der Waals surface area (Å²) in [5, 5.41) is 11.7. The van der Waals surface area contributed by atoms with E-state index >= 15 is 0 Å². The van der Waals surface area contributed by atoms with E-state index in [4.69, 9.17) is 11.6 Å². The van der Waals surface area contributed by atoms with Crippen LogP contribution < -0.4 is 0 Å². The number of H-pyrrole nitrogens is 1. The molecule has 2 aromatic heterocycles. The van der Waals surface area contributed by atoms with Gasteiger partial charge in [-0.25, -0.2) is 18.4 Å². The molecule has 0 amide bonds. The minimum atomic E-state index is -3.75. The third-order valence-electron chi connectivity index (χ3n) is 4.52. The number of rotatable bonds is 4. The number of halogens is 1. The minimum Gasteiger partial charge on any atom is -0.393 e. The summed E-state index contributed by atoms with van der Waals surface area (Å²) in [4.78, 5) is 11.8. The molecule has 7 nitrogen and oxygen atoms in total. The molecule has 27 heavy (non-hydrogen) atoms. The van der Waals surface area contributed by atoms with Crippen molar-refractivity contribution in [3.8, 4) is 22.8 Å². The van der Waals surface area contributed by atoms with Crippen LogP contribution in [0.3, 0.4) is 0 Å². The zero-order valence-electron chi connectivity index (χ0n) is 14.2. The van der Waals surface area contributed by atoms with Gasteiger partial charge < -0.3 is 10.1 Å². The number of aromatic amines is 1. The number of benzene rings is 1. The number of sulfonamides is 1. The summed E-state index contributed by atoms with van der Waals surface area (Å²) >= 11 is 7.69. The van der Waals surface area contributed by atoms with Crippen molar-refractivity contribution in [1.29, 1.82) is 0 Å². The Morgan fingerprint density at radius 3 is 2.74 bits per heavy atom. The summed E-state index contributed by atoms with van der Waals surface area (Å²) in [5.41, 5.74) is 3.80. The fourth-order valence-electron chi connectivity index (χ4n) is 3.01. The average Bonchev–Trinajstić information content (AvgIpc) is 3.34. The molecule has 0 saturated carbocycles. The van der Waals surface area contributed by atoms with Crippen molar-refractivity contribution in [3.05, 3.63) is 40.3 Å². The first-order valence-corrected chi connectivity index (χ1v) is 11.1. The molecule has 142 valence electrons. The molecular formula is C17H17ClN4O3S2. The number of nitrogens with zero attached hydrogens (tertiary/aromatic N) is 3. The summed E-state index contributed by atoms with van der Waals surface area (Å²) in [7, 11) is -3.75. The lowest BCUT2D eigenvalue weighted by Crippen LogP contribution is -2.40. The largest absolute Gasteiger partial charge is 0.393 e. The van der Waals surface area contributed by atoms with Gasteiger partial charge in [-0.1, -0.05) is 11.6 Å². The summed E-state index contributed by atoms with van der Waals surface area (Å²) < 4.78 is 27.4. The maximum Gasteiger partial charge on any atom is 0.244 e. The van der Waals surface area contributed by atoms with Crippen LogP contribution in [0.4, 0.5) is 0 Å². The van der Waals surface area contributed by atoms with E-state index < -0.39 is 16.1 Å². The van der Waals surface area contributed by atoms with Gasteiger partial charge in [0.15, 0.2) is 0 Å². The van der Waals surface area contributed by atoms with Gasteiger partial charge in [-0.05, 0) is 31.0 Å². The molecule has 0 bridgehead atoms. The Labute approximate surface area is 165 Å². The molecule has 1 aliphatic heterocycles. The molecule has 1 saturated heterocycles. The average molecular weight is 425 g/mol. The Morgan fingerprint density at radius 1 is 1.26 bits per heavy atom. The second-order valence-corrected chi connectivity index (χ2v) is 9.32. The molecule has 0 radical (unpaired) electrons. The van der Waals surface area contributed by atoms with E-state index in [0.29, 0.717) is 29.9 Å². The highest BCUT2D eigenvalue weighted by Crippen LogP contribution is 2.31. The summed E-state index contributed by atoms with van der Waals surface area (Å²) in [5.74, 6) is 0.542. The van der Waals surface area contributed by atoms with E-state index in [1.54, 1.807) is 23.8 Å². The number of hydrogen-bond acceptors (Lipinski definition) is 6. The molecule has 1 aromatic carbocycles. The van der Waals surface area contributed by atoms with Crippen molar-refractivity contribution < 1.29 is 13.5 Å². The highest BCUT2D eigenvalue weighted by atomic mass is 35.5. The van der Waals surface area contributed by atoms with E-state index in [-0.39, 0.29) is 23.0 Å². The van der Waals surface area contributed by atoms with E-state index in [1.807, 2.05) is 5.38 Å². The monoisotopic (exact) mass is 424 g/mol. The molecule has 0 unspecified atom stereocenters. The second kappa shape index (κ2) is 7.33. The summed E-state index contributed by atoms with van der Waals surface area (Å²) in [6.07, 6.45) is 2.13. The van der Waals surface area contributed by atoms with Crippen LogP contribution in [0, 0.1) is 0 Å². The van der Waals surface area contributed by atoms with Crippen LogP contribution in [0.15, 0.2) is 40.2 Å². The number of imidazole rings is 1. The van der Waals surface area contributed by atoms with Crippen LogP contribution in [0.2, 0.25) is 5.02 Å². The Balaban J connectivity index is 1.68. The Morgan fingerprint density at radius 2 is 2.04 bits per heavy atom. The van der Waals surface area contributed by atoms with Gasteiger partial charge in [0, 0.05) is 30.2 Å². The number of piperidine rings is 1. The van der Waals surface area contributed by atoms with Crippen molar-refractivity contribution in [2.24, 2.45) is 0 Å². The topological polar surface area (TPSA) is 99.2 Å². The normalized spacial score (nSPS) is 16.7. The number of nitrogens with one attached hydrogen (secondary N) is 1. The van der Waals surface area contributed by atoms with Gasteiger partial charge in [0.2, 0.25) is 10.0 Å². The lowest BCUT2D eigenvalue weighted by molar-refractivity contribution is 0.113. The number of hydrogen-bond donors (Lipinski definition) is 2. The van der Waals surface area contributed by atoms with Crippen molar-refractivity contribution in [1.82, 2.24) is 19.3 Å². The molecule has 3 aromatic rings. The third-order valence-corrected chi connectivity index (χ3v) is 7.49. The fraction of sp³-hybridized carbons (Fsp3) is 0.294. The molecular weight excluding hydrogens is 408 g/mol. The minimum absolute atomic E-state index is 0.0460. The molecule has 4 rings (SSSR count). The number of aliphatic hydroxyl groups excluding tert-OH is 1. The fourth-order valence-corrected chi connectivity index (χ4v) is 5.53. The van der Waals surface area contributed by atoms with Crippen LogP contribution in [0.5, 0.6) is 0 Å². The van der Waals surface area contributed by atoms with Gasteiger partial charge in [0.05, 0.1) is 16.6 Å². The van der Waals surface area contributed by atoms with Crippen LogP contribution in [0.1, 0.15) is 12.8 Å². The summed E-state index contributed by atoms with van der Waals surface area (Å²) in [6, 6.07) is 4.82. The van der Waals surface area contributed by atoms with E-state index in [0.717, 1.165) is 5.69 Å². The molecule has 10 heteroatoms. The Bertz CT molecular complexity index is 1040. The van der Waals surface area contributed by atoms with Gasteiger partial charge in [-0.3, -0.25) is 0 Å². The van der Waals surface area contributed by atoms with E-state index in [1.165, 1.54) is 21.7 Å². The Kier molecular flexibility index (Phi) is 5.04. The van der Waals surface area contributed by atoms with Crippen LogP contribution in [-0.4, -0.2) is 52.0 Å². The van der Waals surface area contributed by atoms with Gasteiger partial charge in [-0.2, -0.15) is 4.31 Å². The van der Waals surface area contributed by atoms with Gasteiger partial charge in [-0.15, -0.1) is 11.3 Å². The molecule has 1 fully saturated rings. The summed E-state index contributed by atoms with van der Waals surface area (Å²) in [6.45, 7) is 0.553. The maximum atomic E-state index is 13.0. The van der Waals surface area contributed by atoms with Gasteiger partial charge in [0.25, 0.3) is 0 Å². The highest BCUT2D eigenvalue weighted by molar-refractivity contribution is 7.89. The van der Waals surface area contributed by atoms with Crippen LogP contribution >= 0.6 is 22.9 Å². The first kappa shape index (κ1) is 18.6. The number of aromatic nitrogens is 3. The highest BCUT2D eigenvalue weighted by Gasteiger charge is 2.30. The van der Waals surface area contributed by atoms with E-state index in [9.17, 15) is 13.5 Å². The second-order valence-electron chi connectivity index (χ2n) is 6.29. The van der Waals surface area contributed by atoms with E-state index in [2.05, 4.69) is 15.0 Å². The lowest BCUT2D eigenvalue weighted by Gasteiger charge is -2.29. The molecule has 3 heterocycles. The zero-order chi connectivity index (χ0) is 19.0. The SMILES string of the molecule is O=S(=O)(c1cc(-c2nc(-c3cscn3)c[nH]2)ccc1Cl)N1CCC(O)CC1. The first-order chi connectivity index (χ1) is 12.9. The van der Waals surface area contributed by atoms with Crippen molar-refractivity contribution >= 4 is 33.0 Å². The quantitative estimate of drug-likeness (QED) is 0.670. The smallest absolute Gasteiger partial charge is 0.244 e. The molecule has 2 N–H and O–H groups in total. The van der Waals surface area contributed by atoms with Crippen molar-refractivity contribution in [2.75, 3.05) is 13.1 Å². The van der Waals surface area contributed by atoms with Crippen LogP contribution in [-0.2, 0) is 10.0 Å². The zero-order valence-corrected chi connectivity index (χ0v) is 16.6. The third kappa shape index (κ3) is 3.65. The lowest BCUT2D eigenvalue weighted by atomic mass is 10.1. The number of thiazole rings is 1. The molecule has 0 atom stereocenters. The van der Waals surface area contributed by atoms with Gasteiger partial charge >= 0.3 is 0 Å². The molecule has 1 aliphatic rings. The van der Waals surface area contributed by atoms with Crippen LogP contribution in [0.25, 0.3) is 22.8 Å². The van der Waals surface area contributed by atoms with Crippen molar-refractivity contribution in [2.45, 2.75) is 23.8 Å². The molecule has 0 spiro atoms.